The van der Waals surface area contributed by atoms with Gasteiger partial charge in [-0.25, -0.2) is 8.42 Å². The third-order valence-corrected chi connectivity index (χ3v) is 6.21. The van der Waals surface area contributed by atoms with Crippen LogP contribution in [0, 0.1) is 0 Å². The Bertz CT molecular complexity index is 387. The van der Waals surface area contributed by atoms with Crippen molar-refractivity contribution in [1.29, 1.82) is 0 Å². The molecule has 0 aliphatic heterocycles. The van der Waals surface area contributed by atoms with Gasteiger partial charge < -0.3 is 9.66 Å². The van der Waals surface area contributed by atoms with Crippen molar-refractivity contribution in [3.8, 4) is 0 Å². The molecule has 0 fully saturated rings. The summed E-state index contributed by atoms with van der Waals surface area (Å²) in [4.78, 5) is 0. The molecular formula is C20H41KO4S. The van der Waals surface area contributed by atoms with Crippen LogP contribution >= 0.6 is 0 Å². The first kappa shape index (κ1) is 29.7. The molecule has 0 aromatic heterocycles. The summed E-state index contributed by atoms with van der Waals surface area (Å²) in [5, 5.41) is 9.10. The molecule has 0 saturated heterocycles. The third-order valence-electron chi connectivity index (χ3n) is 4.96. The van der Waals surface area contributed by atoms with Gasteiger partial charge in [0.15, 0.2) is 0 Å². The van der Waals surface area contributed by atoms with Crippen LogP contribution in [0.25, 0.3) is 0 Å². The van der Waals surface area contributed by atoms with Crippen molar-refractivity contribution >= 4 is 10.1 Å². The van der Waals surface area contributed by atoms with Crippen LogP contribution in [-0.2, 0) is 10.1 Å². The van der Waals surface area contributed by atoms with Gasteiger partial charge in [0, 0.05) is 0 Å². The van der Waals surface area contributed by atoms with Gasteiger partial charge in [-0.3, -0.25) is 0 Å². The zero-order valence-electron chi connectivity index (χ0n) is 17.5. The summed E-state index contributed by atoms with van der Waals surface area (Å²) in [5.41, 5.74) is 0. The van der Waals surface area contributed by atoms with Crippen LogP contribution in [-0.4, -0.2) is 29.4 Å². The molecule has 0 aliphatic carbocycles. The minimum Gasteiger partial charge on any atom is -0.748 e. The summed E-state index contributed by atoms with van der Waals surface area (Å²) >= 11 is 0. The molecule has 0 aromatic rings. The Hall–Kier alpha value is 1.51. The zero-order valence-corrected chi connectivity index (χ0v) is 21.5. The Kier molecular flexibility index (Phi) is 22.6. The standard InChI is InChI=1S/C20H42O4S.K/c1-3-5-7-9-10-11-12-13-15-17-20(25(22,23)24)18-19(21)16-14-8-6-4-2;/h19-21H,3-18H2,1-2H3,(H,22,23,24);/q;+1/p-1. The van der Waals surface area contributed by atoms with Gasteiger partial charge in [-0.15, -0.1) is 0 Å². The van der Waals surface area contributed by atoms with Crippen molar-refractivity contribution in [2.75, 3.05) is 0 Å². The fourth-order valence-corrected chi connectivity index (χ4v) is 4.20. The molecule has 2 unspecified atom stereocenters. The maximum atomic E-state index is 11.4. The molecule has 6 heteroatoms. The van der Waals surface area contributed by atoms with Gasteiger partial charge in [0.05, 0.1) is 21.5 Å². The van der Waals surface area contributed by atoms with Gasteiger partial charge in [-0.05, 0) is 19.3 Å². The van der Waals surface area contributed by atoms with E-state index < -0.39 is 21.5 Å². The Morgan fingerprint density at radius 3 is 1.58 bits per heavy atom. The van der Waals surface area contributed by atoms with Crippen LogP contribution in [0.3, 0.4) is 0 Å². The van der Waals surface area contributed by atoms with E-state index in [1.54, 1.807) is 0 Å². The first-order valence-electron chi connectivity index (χ1n) is 10.5. The molecule has 0 radical (unpaired) electrons. The van der Waals surface area contributed by atoms with Crippen molar-refractivity contribution in [3.05, 3.63) is 0 Å². The molecule has 0 saturated carbocycles. The van der Waals surface area contributed by atoms with E-state index in [0.29, 0.717) is 12.8 Å². The quantitative estimate of drug-likeness (QED) is 0.212. The molecular weight excluding hydrogens is 375 g/mol. The second-order valence-corrected chi connectivity index (χ2v) is 9.12. The molecule has 2 atom stereocenters. The topological polar surface area (TPSA) is 77.4 Å². The average molecular weight is 417 g/mol. The summed E-state index contributed by atoms with van der Waals surface area (Å²) in [5.74, 6) is 0. The normalized spacial score (nSPS) is 14.0. The molecule has 4 nitrogen and oxygen atoms in total. The summed E-state index contributed by atoms with van der Waals surface area (Å²) < 4.78 is 34.3. The average Bonchev–Trinajstić information content (AvgIpc) is 2.55. The van der Waals surface area contributed by atoms with E-state index in [4.69, 9.17) is 0 Å². The summed E-state index contributed by atoms with van der Waals surface area (Å²) in [6.07, 6.45) is 15.1. The van der Waals surface area contributed by atoms with E-state index >= 15 is 0 Å². The van der Waals surface area contributed by atoms with Crippen molar-refractivity contribution in [2.24, 2.45) is 0 Å². The molecule has 0 aliphatic rings. The number of unbranched alkanes of at least 4 members (excludes halogenated alkanes) is 11. The van der Waals surface area contributed by atoms with Crippen LogP contribution in [0.5, 0.6) is 0 Å². The van der Waals surface area contributed by atoms with Crippen LogP contribution in [0.2, 0.25) is 0 Å². The molecule has 26 heavy (non-hydrogen) atoms. The van der Waals surface area contributed by atoms with E-state index in [2.05, 4.69) is 13.8 Å². The second kappa shape index (κ2) is 19.8. The molecule has 0 bridgehead atoms. The molecule has 0 rings (SSSR count). The molecule has 0 aromatic carbocycles. The van der Waals surface area contributed by atoms with Crippen molar-refractivity contribution in [1.82, 2.24) is 0 Å². The maximum absolute atomic E-state index is 11.4. The van der Waals surface area contributed by atoms with Gasteiger partial charge in [0.25, 0.3) is 0 Å². The Balaban J connectivity index is 0. The largest absolute Gasteiger partial charge is 1.00 e. The Morgan fingerprint density at radius 1 is 0.731 bits per heavy atom. The van der Waals surface area contributed by atoms with Gasteiger partial charge >= 0.3 is 51.4 Å². The first-order chi connectivity index (χ1) is 11.9. The maximum Gasteiger partial charge on any atom is 1.00 e. The minimum absolute atomic E-state index is 0. The predicted octanol–water partition coefficient (Wildman–Crippen LogP) is 2.55. The van der Waals surface area contributed by atoms with Crippen molar-refractivity contribution in [3.63, 3.8) is 0 Å². The number of hydrogen-bond acceptors (Lipinski definition) is 4. The zero-order chi connectivity index (χ0) is 19.0. The molecule has 1 N–H and O–H groups in total. The first-order valence-corrected chi connectivity index (χ1v) is 12.0. The number of aliphatic hydroxyl groups is 1. The predicted molar refractivity (Wildman–Crippen MR) is 105 cm³/mol. The van der Waals surface area contributed by atoms with Gasteiger partial charge in [0.2, 0.25) is 0 Å². The smallest absolute Gasteiger partial charge is 0.748 e. The van der Waals surface area contributed by atoms with Gasteiger partial charge in [0.1, 0.15) is 0 Å². The van der Waals surface area contributed by atoms with Gasteiger partial charge in [-0.2, -0.15) is 0 Å². The molecule has 0 heterocycles. The Labute approximate surface area is 205 Å². The number of aliphatic hydroxyl groups excluding tert-OH is 1. The number of rotatable bonds is 18. The minimum atomic E-state index is -4.31. The van der Waals surface area contributed by atoms with Crippen LogP contribution in [0.15, 0.2) is 0 Å². The van der Waals surface area contributed by atoms with Crippen LogP contribution in [0.4, 0.5) is 0 Å². The number of hydrogen-bond donors (Lipinski definition) is 1. The summed E-state index contributed by atoms with van der Waals surface area (Å²) in [7, 11) is -4.31. The van der Waals surface area contributed by atoms with E-state index in [-0.39, 0.29) is 57.8 Å². The third kappa shape index (κ3) is 18.9. The van der Waals surface area contributed by atoms with Crippen molar-refractivity contribution in [2.45, 2.75) is 128 Å². The van der Waals surface area contributed by atoms with E-state index in [0.717, 1.165) is 44.9 Å². The summed E-state index contributed by atoms with van der Waals surface area (Å²) in [6, 6.07) is 0. The van der Waals surface area contributed by atoms with Gasteiger partial charge in [-0.1, -0.05) is 97.3 Å². The monoisotopic (exact) mass is 416 g/mol. The fourth-order valence-electron chi connectivity index (χ4n) is 3.29. The molecule has 0 spiro atoms. The molecule has 0 amide bonds. The van der Waals surface area contributed by atoms with Crippen LogP contribution in [0.1, 0.15) is 117 Å². The summed E-state index contributed by atoms with van der Waals surface area (Å²) in [6.45, 7) is 4.34. The van der Waals surface area contributed by atoms with E-state index in [9.17, 15) is 18.1 Å². The Morgan fingerprint density at radius 2 is 1.12 bits per heavy atom. The van der Waals surface area contributed by atoms with E-state index in [1.165, 1.54) is 38.5 Å². The van der Waals surface area contributed by atoms with Crippen molar-refractivity contribution < 1.29 is 69.5 Å². The fraction of sp³-hybridized carbons (Fsp3) is 1.00. The second-order valence-electron chi connectivity index (χ2n) is 7.47. The SMILES string of the molecule is CCCCCCCCCCCC(CC(O)CCCCCC)S(=O)(=O)[O-].[K+]. The molecule has 152 valence electrons. The van der Waals surface area contributed by atoms with E-state index in [1.807, 2.05) is 0 Å². The van der Waals surface area contributed by atoms with Crippen LogP contribution < -0.4 is 51.4 Å².